The molecule has 4 N–H and O–H groups in total. The Morgan fingerprint density at radius 2 is 2.10 bits per heavy atom. The van der Waals surface area contributed by atoms with Crippen molar-refractivity contribution in [3.8, 4) is 0 Å². The largest absolute Gasteiger partial charge is 0.335 e. The lowest BCUT2D eigenvalue weighted by Crippen LogP contribution is -2.44. The highest BCUT2D eigenvalue weighted by Crippen LogP contribution is 2.28. The molecule has 0 spiro atoms. The highest BCUT2D eigenvalue weighted by molar-refractivity contribution is 5.89. The summed E-state index contributed by atoms with van der Waals surface area (Å²) in [5.41, 5.74) is 7.68. The Labute approximate surface area is 127 Å². The second-order valence-corrected chi connectivity index (χ2v) is 6.51. The molecule has 2 rings (SSSR count). The molecular formula is C17H27N3O. The van der Waals surface area contributed by atoms with E-state index < -0.39 is 0 Å². The minimum Gasteiger partial charge on any atom is -0.335 e. The molecule has 0 heterocycles. The molecule has 0 bridgehead atoms. The van der Waals surface area contributed by atoms with Crippen molar-refractivity contribution >= 4 is 11.7 Å². The van der Waals surface area contributed by atoms with Gasteiger partial charge in [-0.05, 0) is 55.7 Å². The Kier molecular flexibility index (Phi) is 5.23. The molecule has 4 atom stereocenters. The molecular weight excluding hydrogens is 262 g/mol. The van der Waals surface area contributed by atoms with E-state index in [0.29, 0.717) is 5.92 Å². The van der Waals surface area contributed by atoms with Gasteiger partial charge >= 0.3 is 6.03 Å². The third-order valence-electron chi connectivity index (χ3n) is 4.42. The molecule has 2 amide bonds. The molecule has 4 nitrogen and oxygen atoms in total. The molecule has 4 unspecified atom stereocenters. The number of carbonyl (C=O) groups is 1. The van der Waals surface area contributed by atoms with E-state index in [4.69, 9.17) is 5.73 Å². The van der Waals surface area contributed by atoms with Crippen LogP contribution < -0.4 is 16.4 Å². The van der Waals surface area contributed by atoms with Crippen molar-refractivity contribution in [1.29, 1.82) is 0 Å². The Morgan fingerprint density at radius 3 is 2.76 bits per heavy atom. The minimum atomic E-state index is -0.122. The molecule has 0 radical (unpaired) electrons. The molecule has 0 aliphatic heterocycles. The number of anilines is 1. The molecule has 1 aromatic carbocycles. The van der Waals surface area contributed by atoms with Gasteiger partial charge in [0.15, 0.2) is 0 Å². The van der Waals surface area contributed by atoms with Gasteiger partial charge in [-0.25, -0.2) is 4.79 Å². The minimum absolute atomic E-state index is 0.0327. The number of benzene rings is 1. The second-order valence-electron chi connectivity index (χ2n) is 6.51. The molecule has 1 aliphatic rings. The number of hydrogen-bond acceptors (Lipinski definition) is 2. The van der Waals surface area contributed by atoms with Gasteiger partial charge < -0.3 is 16.4 Å². The summed E-state index contributed by atoms with van der Waals surface area (Å²) in [6.45, 7) is 6.44. The average molecular weight is 289 g/mol. The van der Waals surface area contributed by atoms with Crippen molar-refractivity contribution in [2.24, 2.45) is 17.6 Å². The Morgan fingerprint density at radius 1 is 1.33 bits per heavy atom. The van der Waals surface area contributed by atoms with Crippen molar-refractivity contribution in [3.05, 3.63) is 29.8 Å². The first kappa shape index (κ1) is 15.8. The number of nitrogens with two attached hydrogens (primary N) is 1. The van der Waals surface area contributed by atoms with E-state index in [0.717, 1.165) is 23.6 Å². The molecule has 4 heteroatoms. The Bertz CT molecular complexity index is 487. The summed E-state index contributed by atoms with van der Waals surface area (Å²) in [7, 11) is 0. The smallest absolute Gasteiger partial charge is 0.319 e. The van der Waals surface area contributed by atoms with Gasteiger partial charge in [-0.3, -0.25) is 0 Å². The fourth-order valence-electron chi connectivity index (χ4n) is 3.12. The molecule has 116 valence electrons. The SMILES string of the molecule is CC1CCC(NC(=O)Nc2cccc(C(C)N)c2)C(C)C1. The van der Waals surface area contributed by atoms with Crippen LogP contribution in [0.4, 0.5) is 10.5 Å². The summed E-state index contributed by atoms with van der Waals surface area (Å²) in [5.74, 6) is 1.30. The topological polar surface area (TPSA) is 67.2 Å². The Balaban J connectivity index is 1.91. The van der Waals surface area contributed by atoms with Crippen molar-refractivity contribution in [3.63, 3.8) is 0 Å². The van der Waals surface area contributed by atoms with Crippen molar-refractivity contribution in [2.75, 3.05) is 5.32 Å². The summed E-state index contributed by atoms with van der Waals surface area (Å²) < 4.78 is 0. The number of nitrogens with one attached hydrogen (secondary N) is 2. The van der Waals surface area contributed by atoms with E-state index in [9.17, 15) is 4.79 Å². The first-order valence-corrected chi connectivity index (χ1v) is 7.88. The van der Waals surface area contributed by atoms with Gasteiger partial charge in [0.05, 0.1) is 0 Å². The average Bonchev–Trinajstić information content (AvgIpc) is 2.42. The van der Waals surface area contributed by atoms with Gasteiger partial charge in [0.25, 0.3) is 0 Å². The quantitative estimate of drug-likeness (QED) is 0.795. The first-order chi connectivity index (χ1) is 9.95. The fourth-order valence-corrected chi connectivity index (χ4v) is 3.12. The lowest BCUT2D eigenvalue weighted by Gasteiger charge is -2.33. The van der Waals surface area contributed by atoms with E-state index in [1.54, 1.807) is 0 Å². The summed E-state index contributed by atoms with van der Waals surface area (Å²) >= 11 is 0. The van der Waals surface area contributed by atoms with Crippen LogP contribution in [0.3, 0.4) is 0 Å². The fraction of sp³-hybridized carbons (Fsp3) is 0.588. The monoisotopic (exact) mass is 289 g/mol. The van der Waals surface area contributed by atoms with Crippen LogP contribution in [-0.4, -0.2) is 12.1 Å². The number of rotatable bonds is 3. The molecule has 1 aliphatic carbocycles. The van der Waals surface area contributed by atoms with E-state index in [2.05, 4.69) is 24.5 Å². The molecule has 1 saturated carbocycles. The number of carbonyl (C=O) groups excluding carboxylic acids is 1. The van der Waals surface area contributed by atoms with Crippen LogP contribution in [0.15, 0.2) is 24.3 Å². The Hall–Kier alpha value is -1.55. The molecule has 1 fully saturated rings. The number of urea groups is 1. The maximum Gasteiger partial charge on any atom is 0.319 e. The third kappa shape index (κ3) is 4.46. The zero-order chi connectivity index (χ0) is 15.4. The maximum atomic E-state index is 12.1. The molecule has 0 saturated heterocycles. The normalized spacial score (nSPS) is 27.0. The number of hydrogen-bond donors (Lipinski definition) is 3. The van der Waals surface area contributed by atoms with Crippen molar-refractivity contribution < 1.29 is 4.79 Å². The van der Waals surface area contributed by atoms with Crippen LogP contribution in [0.1, 0.15) is 51.6 Å². The van der Waals surface area contributed by atoms with Crippen LogP contribution in [0, 0.1) is 11.8 Å². The summed E-state index contributed by atoms with van der Waals surface area (Å²) in [5, 5.41) is 6.02. The molecule has 0 aromatic heterocycles. The third-order valence-corrected chi connectivity index (χ3v) is 4.42. The first-order valence-electron chi connectivity index (χ1n) is 7.88. The zero-order valence-corrected chi connectivity index (χ0v) is 13.2. The van der Waals surface area contributed by atoms with Crippen LogP contribution in [0.25, 0.3) is 0 Å². The van der Waals surface area contributed by atoms with Crippen molar-refractivity contribution in [2.45, 2.75) is 52.1 Å². The van der Waals surface area contributed by atoms with E-state index in [1.807, 2.05) is 31.2 Å². The lowest BCUT2D eigenvalue weighted by atomic mass is 9.80. The second kappa shape index (κ2) is 6.94. The highest BCUT2D eigenvalue weighted by atomic mass is 16.2. The van der Waals surface area contributed by atoms with E-state index in [1.165, 1.54) is 12.8 Å². The van der Waals surface area contributed by atoms with Gasteiger partial charge in [0.2, 0.25) is 0 Å². The predicted molar refractivity (Wildman–Crippen MR) is 87.2 cm³/mol. The summed E-state index contributed by atoms with van der Waals surface area (Å²) in [6, 6.07) is 7.82. The maximum absolute atomic E-state index is 12.1. The highest BCUT2D eigenvalue weighted by Gasteiger charge is 2.26. The molecule has 21 heavy (non-hydrogen) atoms. The molecule has 1 aromatic rings. The van der Waals surface area contributed by atoms with Crippen LogP contribution in [-0.2, 0) is 0 Å². The van der Waals surface area contributed by atoms with Gasteiger partial charge in [0, 0.05) is 17.8 Å². The lowest BCUT2D eigenvalue weighted by molar-refractivity contribution is 0.214. The van der Waals surface area contributed by atoms with Gasteiger partial charge in [0.1, 0.15) is 0 Å². The van der Waals surface area contributed by atoms with E-state index >= 15 is 0 Å². The predicted octanol–water partition coefficient (Wildman–Crippen LogP) is 3.65. The summed E-state index contributed by atoms with van der Waals surface area (Å²) in [4.78, 5) is 12.1. The van der Waals surface area contributed by atoms with Gasteiger partial charge in [-0.1, -0.05) is 26.0 Å². The zero-order valence-electron chi connectivity index (χ0n) is 13.2. The van der Waals surface area contributed by atoms with Crippen LogP contribution in [0.5, 0.6) is 0 Å². The summed E-state index contributed by atoms with van der Waals surface area (Å²) in [6.07, 6.45) is 3.44. The standard InChI is InChI=1S/C17H27N3O/c1-11-7-8-16(12(2)9-11)20-17(21)19-15-6-4-5-14(10-15)13(3)18/h4-6,10-13,16H,7-9,18H2,1-3H3,(H2,19,20,21). The van der Waals surface area contributed by atoms with Crippen LogP contribution in [0.2, 0.25) is 0 Å². The number of amides is 2. The van der Waals surface area contributed by atoms with E-state index in [-0.39, 0.29) is 18.1 Å². The van der Waals surface area contributed by atoms with Gasteiger partial charge in [-0.2, -0.15) is 0 Å². The van der Waals surface area contributed by atoms with Gasteiger partial charge in [-0.15, -0.1) is 0 Å². The van der Waals surface area contributed by atoms with Crippen molar-refractivity contribution in [1.82, 2.24) is 5.32 Å². The van der Waals surface area contributed by atoms with Crippen LogP contribution >= 0.6 is 0 Å².